The molecular formula is C26H41N3O7. The molecule has 0 aliphatic heterocycles. The van der Waals surface area contributed by atoms with Crippen molar-refractivity contribution in [3.63, 3.8) is 0 Å². The summed E-state index contributed by atoms with van der Waals surface area (Å²) in [5.74, 6) is -2.23. The first-order chi connectivity index (χ1) is 16.8. The second kappa shape index (κ2) is 16.4. The van der Waals surface area contributed by atoms with E-state index in [1.165, 1.54) is 20.8 Å². The lowest BCUT2D eigenvalue weighted by Crippen LogP contribution is -2.46. The number of rotatable bonds is 17. The summed E-state index contributed by atoms with van der Waals surface area (Å²) in [6.45, 7) is 24.6. The minimum absolute atomic E-state index is 0.241. The zero-order valence-corrected chi connectivity index (χ0v) is 22.3. The predicted molar refractivity (Wildman–Crippen MR) is 137 cm³/mol. The van der Waals surface area contributed by atoms with Gasteiger partial charge in [0.1, 0.15) is 12.5 Å². The van der Waals surface area contributed by atoms with Gasteiger partial charge in [0, 0.05) is 16.7 Å². The molecule has 3 N–H and O–H groups in total. The second-order valence-electron chi connectivity index (χ2n) is 8.31. The Labute approximate surface area is 214 Å². The number of esters is 1. The lowest BCUT2D eigenvalue weighted by Gasteiger charge is -2.29. The molecule has 0 spiro atoms. The number of hydrogen-bond acceptors (Lipinski definition) is 7. The molecule has 0 aliphatic rings. The molecule has 36 heavy (non-hydrogen) atoms. The van der Waals surface area contributed by atoms with Crippen molar-refractivity contribution in [1.29, 1.82) is 0 Å². The zero-order valence-electron chi connectivity index (χ0n) is 22.3. The van der Waals surface area contributed by atoms with Gasteiger partial charge < -0.3 is 30.2 Å². The van der Waals surface area contributed by atoms with Gasteiger partial charge >= 0.3 is 5.97 Å². The van der Waals surface area contributed by atoms with E-state index in [0.29, 0.717) is 24.8 Å². The van der Waals surface area contributed by atoms with Crippen molar-refractivity contribution < 1.29 is 33.4 Å². The van der Waals surface area contributed by atoms with Gasteiger partial charge in [0.25, 0.3) is 0 Å². The van der Waals surface area contributed by atoms with Crippen molar-refractivity contribution in [2.45, 2.75) is 92.2 Å². The van der Waals surface area contributed by atoms with Gasteiger partial charge in [-0.1, -0.05) is 53.5 Å². The molecule has 10 nitrogen and oxygen atoms in total. The van der Waals surface area contributed by atoms with Crippen molar-refractivity contribution in [3.05, 3.63) is 48.6 Å². The molecule has 0 fully saturated rings. The topological polar surface area (TPSA) is 132 Å². The summed E-state index contributed by atoms with van der Waals surface area (Å²) in [5, 5.41) is 7.79. The summed E-state index contributed by atoms with van der Waals surface area (Å²) in [4.78, 5) is 49.1. The summed E-state index contributed by atoms with van der Waals surface area (Å²) in [6, 6.07) is 0. The van der Waals surface area contributed by atoms with E-state index in [0.717, 1.165) is 6.42 Å². The number of amides is 3. The molecule has 3 atom stereocenters. The van der Waals surface area contributed by atoms with Gasteiger partial charge in [-0.25, -0.2) is 4.79 Å². The van der Waals surface area contributed by atoms with Crippen LogP contribution < -0.4 is 16.0 Å². The molecule has 0 heterocycles. The molecule has 0 aromatic rings. The molecule has 0 saturated carbocycles. The average molecular weight is 508 g/mol. The molecule has 0 aliphatic carbocycles. The third-order valence-electron chi connectivity index (χ3n) is 4.71. The second-order valence-corrected chi connectivity index (χ2v) is 8.31. The smallest absolute Gasteiger partial charge is 0.340 e. The van der Waals surface area contributed by atoms with Crippen molar-refractivity contribution in [2.75, 3.05) is 0 Å². The van der Waals surface area contributed by atoms with E-state index in [1.807, 2.05) is 6.92 Å². The zero-order chi connectivity index (χ0) is 28.0. The molecule has 202 valence electrons. The largest absolute Gasteiger partial charge is 0.439 e. The van der Waals surface area contributed by atoms with Crippen molar-refractivity contribution >= 4 is 23.7 Å². The molecule has 0 aromatic carbocycles. The molecule has 0 aromatic heterocycles. The first-order valence-electron chi connectivity index (χ1n) is 11.9. The summed E-state index contributed by atoms with van der Waals surface area (Å²) < 4.78 is 17.0. The summed E-state index contributed by atoms with van der Waals surface area (Å²) in [6.07, 6.45) is -2.24. The van der Waals surface area contributed by atoms with Gasteiger partial charge in [0.05, 0.1) is 5.57 Å². The maximum Gasteiger partial charge on any atom is 0.340 e. The van der Waals surface area contributed by atoms with Crippen LogP contribution in [0.4, 0.5) is 0 Å². The summed E-state index contributed by atoms with van der Waals surface area (Å²) >= 11 is 0. The SMILES string of the molecule is C=C(C)C(=O)NC(CC)OC(OC(CC)NC(=O)C(=C)C)C(=C)C(=O)OC(C)NC(=O)C(=C)CCC. The van der Waals surface area contributed by atoms with Crippen molar-refractivity contribution in [2.24, 2.45) is 0 Å². The quantitative estimate of drug-likeness (QED) is 0.157. The Morgan fingerprint density at radius 2 is 1.19 bits per heavy atom. The Morgan fingerprint density at radius 1 is 0.750 bits per heavy atom. The Bertz CT molecular complexity index is 828. The maximum atomic E-state index is 12.8. The van der Waals surface area contributed by atoms with Gasteiger partial charge in [-0.05, 0) is 40.0 Å². The lowest BCUT2D eigenvalue weighted by molar-refractivity contribution is -0.194. The Morgan fingerprint density at radius 3 is 1.56 bits per heavy atom. The molecule has 3 unspecified atom stereocenters. The Hall–Kier alpha value is -3.24. The fraction of sp³-hybridized carbons (Fsp3) is 0.538. The van der Waals surface area contributed by atoms with E-state index in [4.69, 9.17) is 14.2 Å². The fourth-order valence-electron chi connectivity index (χ4n) is 2.56. The van der Waals surface area contributed by atoms with Crippen molar-refractivity contribution in [3.8, 4) is 0 Å². The normalized spacial score (nSPS) is 13.8. The minimum atomic E-state index is -1.40. The number of nitrogens with one attached hydrogen (secondary N) is 3. The number of carbonyl (C=O) groups excluding carboxylic acids is 4. The van der Waals surface area contributed by atoms with Crippen LogP contribution in [-0.2, 0) is 33.4 Å². The van der Waals surface area contributed by atoms with E-state index < -0.39 is 48.7 Å². The van der Waals surface area contributed by atoms with Crippen LogP contribution in [0.5, 0.6) is 0 Å². The maximum absolute atomic E-state index is 12.8. The summed E-state index contributed by atoms with van der Waals surface area (Å²) in [5.41, 5.74) is 0.653. The van der Waals surface area contributed by atoms with E-state index in [9.17, 15) is 19.2 Å². The van der Waals surface area contributed by atoms with Crippen LogP contribution in [-0.4, -0.2) is 48.7 Å². The third kappa shape index (κ3) is 11.9. The number of ether oxygens (including phenoxy) is 3. The van der Waals surface area contributed by atoms with Crippen LogP contribution >= 0.6 is 0 Å². The lowest BCUT2D eigenvalue weighted by atomic mass is 10.1. The Balaban J connectivity index is 5.63. The van der Waals surface area contributed by atoms with E-state index in [2.05, 4.69) is 42.3 Å². The van der Waals surface area contributed by atoms with Crippen LogP contribution in [0.2, 0.25) is 0 Å². The summed E-state index contributed by atoms with van der Waals surface area (Å²) in [7, 11) is 0. The highest BCUT2D eigenvalue weighted by Gasteiger charge is 2.30. The van der Waals surface area contributed by atoms with E-state index in [-0.39, 0.29) is 16.7 Å². The molecule has 3 amide bonds. The van der Waals surface area contributed by atoms with Crippen molar-refractivity contribution in [1.82, 2.24) is 16.0 Å². The Kier molecular flexibility index (Phi) is 15.0. The molecule has 0 rings (SSSR count). The third-order valence-corrected chi connectivity index (χ3v) is 4.71. The number of hydrogen-bond donors (Lipinski definition) is 3. The average Bonchev–Trinajstić information content (AvgIpc) is 2.81. The first kappa shape index (κ1) is 32.8. The van der Waals surface area contributed by atoms with E-state index >= 15 is 0 Å². The molecule has 0 radical (unpaired) electrons. The van der Waals surface area contributed by atoms with Gasteiger partial charge in [0.2, 0.25) is 17.7 Å². The van der Waals surface area contributed by atoms with Crippen LogP contribution in [0, 0.1) is 0 Å². The van der Waals surface area contributed by atoms with Gasteiger partial charge in [-0.2, -0.15) is 0 Å². The van der Waals surface area contributed by atoms with Crippen LogP contribution in [0.3, 0.4) is 0 Å². The van der Waals surface area contributed by atoms with Gasteiger partial charge in [-0.3, -0.25) is 14.4 Å². The molecule has 0 saturated heterocycles. The van der Waals surface area contributed by atoms with Gasteiger partial charge in [0.15, 0.2) is 12.5 Å². The van der Waals surface area contributed by atoms with Crippen LogP contribution in [0.25, 0.3) is 0 Å². The molecule has 0 bridgehead atoms. The monoisotopic (exact) mass is 507 g/mol. The minimum Gasteiger partial charge on any atom is -0.439 e. The van der Waals surface area contributed by atoms with Crippen LogP contribution in [0.15, 0.2) is 48.6 Å². The standard InChI is InChI=1S/C26H41N3O7/c1-11-14-17(8)24(32)27-19(10)34-25(33)18(9)26(35-20(12-2)28-22(30)15(4)5)36-21(13-3)29-23(31)16(6)7/h19-21,26H,4,6,8-9,11-14H2,1-3,5,7,10H3,(H,27,32)(H,28,30)(H,29,31). The molecular weight excluding hydrogens is 466 g/mol. The van der Waals surface area contributed by atoms with E-state index in [1.54, 1.807) is 13.8 Å². The molecule has 10 heteroatoms. The number of carbonyl (C=O) groups is 4. The highest BCUT2D eigenvalue weighted by molar-refractivity contribution is 5.94. The van der Waals surface area contributed by atoms with Gasteiger partial charge in [-0.15, -0.1) is 0 Å². The first-order valence-corrected chi connectivity index (χ1v) is 11.9. The predicted octanol–water partition coefficient (Wildman–Crippen LogP) is 3.12. The highest BCUT2D eigenvalue weighted by Crippen LogP contribution is 2.16. The highest BCUT2D eigenvalue weighted by atomic mass is 16.7. The fourth-order valence-corrected chi connectivity index (χ4v) is 2.56. The van der Waals surface area contributed by atoms with Crippen LogP contribution in [0.1, 0.15) is 67.2 Å².